The Morgan fingerprint density at radius 2 is 2.27 bits per heavy atom. The number of rotatable bonds is 4. The van der Waals surface area contributed by atoms with Crippen molar-refractivity contribution in [2.24, 2.45) is 0 Å². The van der Waals surface area contributed by atoms with Gasteiger partial charge < -0.3 is 16.0 Å². The smallest absolute Gasteiger partial charge is 0.179 e. The SMILES string of the molecule is CCCNCc1nc2nc(N)ccc2[nH]1. The second kappa shape index (κ2) is 4.27. The average Bonchev–Trinajstić information content (AvgIpc) is 2.60. The maximum absolute atomic E-state index is 5.57. The number of H-pyrrole nitrogens is 1. The molecule has 0 aromatic carbocycles. The zero-order valence-electron chi connectivity index (χ0n) is 8.75. The number of aromatic nitrogens is 3. The van der Waals surface area contributed by atoms with E-state index in [1.807, 2.05) is 6.07 Å². The largest absolute Gasteiger partial charge is 0.384 e. The molecule has 0 bridgehead atoms. The van der Waals surface area contributed by atoms with Gasteiger partial charge in [-0.3, -0.25) is 0 Å². The highest BCUT2D eigenvalue weighted by Crippen LogP contribution is 2.10. The zero-order chi connectivity index (χ0) is 10.7. The van der Waals surface area contributed by atoms with Crippen LogP contribution in [0.15, 0.2) is 12.1 Å². The van der Waals surface area contributed by atoms with Gasteiger partial charge in [0.15, 0.2) is 5.65 Å². The second-order valence-electron chi connectivity index (χ2n) is 3.47. The molecule has 0 saturated carbocycles. The van der Waals surface area contributed by atoms with E-state index < -0.39 is 0 Å². The summed E-state index contributed by atoms with van der Waals surface area (Å²) in [6.45, 7) is 3.87. The number of pyridine rings is 1. The second-order valence-corrected chi connectivity index (χ2v) is 3.47. The first kappa shape index (κ1) is 9.92. The van der Waals surface area contributed by atoms with Crippen LogP contribution in [0.4, 0.5) is 5.82 Å². The molecule has 4 N–H and O–H groups in total. The van der Waals surface area contributed by atoms with Crippen molar-refractivity contribution >= 4 is 17.0 Å². The Bertz CT molecular complexity index is 448. The van der Waals surface area contributed by atoms with Crippen molar-refractivity contribution in [1.29, 1.82) is 0 Å². The monoisotopic (exact) mass is 205 g/mol. The van der Waals surface area contributed by atoms with Gasteiger partial charge >= 0.3 is 0 Å². The molecule has 2 heterocycles. The third kappa shape index (κ3) is 2.24. The summed E-state index contributed by atoms with van der Waals surface area (Å²) < 4.78 is 0. The molecule has 0 atom stereocenters. The van der Waals surface area contributed by atoms with Crippen molar-refractivity contribution in [3.8, 4) is 0 Å². The van der Waals surface area contributed by atoms with Crippen LogP contribution in [0, 0.1) is 0 Å². The van der Waals surface area contributed by atoms with Gasteiger partial charge in [-0.2, -0.15) is 0 Å². The standard InChI is InChI=1S/C10H15N5/c1-2-5-12-6-9-13-7-3-4-8(11)14-10(7)15-9/h3-4,12H,2,5-6H2,1H3,(H3,11,13,14,15). The molecule has 0 amide bonds. The molecule has 0 unspecified atom stereocenters. The number of fused-ring (bicyclic) bond motifs is 1. The van der Waals surface area contributed by atoms with Gasteiger partial charge in [0.05, 0.1) is 12.1 Å². The van der Waals surface area contributed by atoms with E-state index in [0.717, 1.165) is 30.9 Å². The van der Waals surface area contributed by atoms with E-state index >= 15 is 0 Å². The van der Waals surface area contributed by atoms with Gasteiger partial charge in [-0.1, -0.05) is 6.92 Å². The number of nitrogens with two attached hydrogens (primary N) is 1. The van der Waals surface area contributed by atoms with Crippen LogP contribution in [0.3, 0.4) is 0 Å². The van der Waals surface area contributed by atoms with Crippen molar-refractivity contribution < 1.29 is 0 Å². The lowest BCUT2D eigenvalue weighted by atomic mass is 10.4. The summed E-state index contributed by atoms with van der Waals surface area (Å²) in [6.07, 6.45) is 1.12. The first-order valence-corrected chi connectivity index (χ1v) is 5.11. The molecule has 2 aromatic rings. The predicted molar refractivity (Wildman–Crippen MR) is 60.3 cm³/mol. The van der Waals surface area contributed by atoms with Crippen LogP contribution in [-0.2, 0) is 6.54 Å². The van der Waals surface area contributed by atoms with E-state index in [9.17, 15) is 0 Å². The first-order valence-electron chi connectivity index (χ1n) is 5.11. The summed E-state index contributed by atoms with van der Waals surface area (Å²) in [4.78, 5) is 11.7. The molecule has 0 aliphatic carbocycles. The van der Waals surface area contributed by atoms with Crippen LogP contribution in [0.2, 0.25) is 0 Å². The van der Waals surface area contributed by atoms with E-state index in [4.69, 9.17) is 5.73 Å². The summed E-state index contributed by atoms with van der Waals surface area (Å²) in [5, 5.41) is 3.27. The summed E-state index contributed by atoms with van der Waals surface area (Å²) in [6, 6.07) is 3.66. The molecule has 0 radical (unpaired) electrons. The minimum absolute atomic E-state index is 0.502. The molecule has 0 aliphatic rings. The van der Waals surface area contributed by atoms with Crippen LogP contribution in [0.1, 0.15) is 19.2 Å². The molecule has 5 heteroatoms. The lowest BCUT2D eigenvalue weighted by molar-refractivity contribution is 0.656. The lowest BCUT2D eigenvalue weighted by Gasteiger charge is -1.97. The van der Waals surface area contributed by atoms with E-state index in [1.165, 1.54) is 0 Å². The van der Waals surface area contributed by atoms with Crippen molar-refractivity contribution in [2.75, 3.05) is 12.3 Å². The number of nitrogens with zero attached hydrogens (tertiary/aromatic N) is 2. The van der Waals surface area contributed by atoms with Gasteiger partial charge in [0.25, 0.3) is 0 Å². The van der Waals surface area contributed by atoms with Crippen LogP contribution in [0.5, 0.6) is 0 Å². The van der Waals surface area contributed by atoms with Crippen LogP contribution in [0.25, 0.3) is 11.2 Å². The van der Waals surface area contributed by atoms with Gasteiger partial charge in [-0.15, -0.1) is 0 Å². The fourth-order valence-electron chi connectivity index (χ4n) is 1.42. The third-order valence-electron chi connectivity index (χ3n) is 2.14. The quantitative estimate of drug-likeness (QED) is 0.651. The van der Waals surface area contributed by atoms with Crippen molar-refractivity contribution in [1.82, 2.24) is 20.3 Å². The number of aromatic amines is 1. The lowest BCUT2D eigenvalue weighted by Crippen LogP contribution is -2.14. The number of imidazole rings is 1. The normalized spacial score (nSPS) is 11.0. The summed E-state index contributed by atoms with van der Waals surface area (Å²) in [7, 11) is 0. The first-order chi connectivity index (χ1) is 7.29. The highest BCUT2D eigenvalue weighted by Gasteiger charge is 2.03. The van der Waals surface area contributed by atoms with Crippen LogP contribution < -0.4 is 11.1 Å². The van der Waals surface area contributed by atoms with Crippen molar-refractivity contribution in [2.45, 2.75) is 19.9 Å². The van der Waals surface area contributed by atoms with Gasteiger partial charge in [-0.25, -0.2) is 9.97 Å². The van der Waals surface area contributed by atoms with E-state index in [2.05, 4.69) is 27.2 Å². The molecular weight excluding hydrogens is 190 g/mol. The molecule has 0 saturated heterocycles. The fraction of sp³-hybridized carbons (Fsp3) is 0.400. The van der Waals surface area contributed by atoms with Gasteiger partial charge in [0.2, 0.25) is 0 Å². The van der Waals surface area contributed by atoms with Crippen molar-refractivity contribution in [3.63, 3.8) is 0 Å². The number of nitrogen functional groups attached to an aromatic ring is 1. The van der Waals surface area contributed by atoms with Gasteiger partial charge in [0.1, 0.15) is 11.6 Å². The summed E-state index contributed by atoms with van der Waals surface area (Å²) in [5.74, 6) is 1.40. The molecule has 2 rings (SSSR count). The zero-order valence-corrected chi connectivity index (χ0v) is 8.75. The Labute approximate surface area is 88.1 Å². The van der Waals surface area contributed by atoms with Crippen LogP contribution >= 0.6 is 0 Å². The Morgan fingerprint density at radius 1 is 1.40 bits per heavy atom. The average molecular weight is 205 g/mol. The molecule has 5 nitrogen and oxygen atoms in total. The Kier molecular flexibility index (Phi) is 2.82. The predicted octanol–water partition coefficient (Wildman–Crippen LogP) is 1.04. The number of nitrogens with one attached hydrogen (secondary N) is 2. The van der Waals surface area contributed by atoms with E-state index in [0.29, 0.717) is 11.5 Å². The van der Waals surface area contributed by atoms with Crippen LogP contribution in [-0.4, -0.2) is 21.5 Å². The summed E-state index contributed by atoms with van der Waals surface area (Å²) in [5.41, 5.74) is 7.19. The molecule has 0 spiro atoms. The third-order valence-corrected chi connectivity index (χ3v) is 2.14. The minimum atomic E-state index is 0.502. The molecule has 80 valence electrons. The van der Waals surface area contributed by atoms with Gasteiger partial charge in [0, 0.05) is 0 Å². The summed E-state index contributed by atoms with van der Waals surface area (Å²) >= 11 is 0. The maximum Gasteiger partial charge on any atom is 0.179 e. The van der Waals surface area contributed by atoms with E-state index in [1.54, 1.807) is 6.07 Å². The number of anilines is 1. The highest BCUT2D eigenvalue weighted by molar-refractivity contribution is 5.72. The Balaban J connectivity index is 2.16. The molecule has 15 heavy (non-hydrogen) atoms. The Hall–Kier alpha value is -1.62. The fourth-order valence-corrected chi connectivity index (χ4v) is 1.42. The topological polar surface area (TPSA) is 79.6 Å². The van der Waals surface area contributed by atoms with E-state index in [-0.39, 0.29) is 0 Å². The minimum Gasteiger partial charge on any atom is -0.384 e. The molecule has 2 aromatic heterocycles. The van der Waals surface area contributed by atoms with Gasteiger partial charge in [-0.05, 0) is 25.1 Å². The van der Waals surface area contributed by atoms with Crippen molar-refractivity contribution in [3.05, 3.63) is 18.0 Å². The molecular formula is C10H15N5. The highest BCUT2D eigenvalue weighted by atomic mass is 15.0. The molecule has 0 fully saturated rings. The number of hydrogen-bond donors (Lipinski definition) is 3. The number of hydrogen-bond acceptors (Lipinski definition) is 4. The maximum atomic E-state index is 5.57. The Morgan fingerprint density at radius 3 is 3.07 bits per heavy atom. The molecule has 0 aliphatic heterocycles.